The molecule has 0 aromatic rings. The predicted octanol–water partition coefficient (Wildman–Crippen LogP) is 1.31. The van der Waals surface area contributed by atoms with Gasteiger partial charge in [0.2, 0.25) is 0 Å². The summed E-state index contributed by atoms with van der Waals surface area (Å²) in [5, 5.41) is 50.4. The van der Waals surface area contributed by atoms with Crippen LogP contribution in [-0.4, -0.2) is 139 Å². The van der Waals surface area contributed by atoms with Crippen molar-refractivity contribution in [2.45, 2.75) is 0 Å². The highest BCUT2D eigenvalue weighted by molar-refractivity contribution is 8.03. The normalized spacial score (nSPS) is 10.2. The fraction of sp³-hybridized carbons (Fsp3) is 1.00. The molecule has 0 amide bonds. The molecule has 0 saturated carbocycles. The number of hydrogen-bond acceptors (Lipinski definition) is 12. The number of hydrogen-bond donors (Lipinski definition) is 6. The quantitative estimate of drug-likeness (QED) is 0.116. The summed E-state index contributed by atoms with van der Waals surface area (Å²) in [4.78, 5) is 0. The first-order valence-electron chi connectivity index (χ1n) is 9.86. The van der Waals surface area contributed by atoms with E-state index >= 15 is 0 Å². The molecule has 0 rings (SSSR count). The summed E-state index contributed by atoms with van der Waals surface area (Å²) in [5.74, 6) is 11.4. The molecule has 0 aliphatic rings. The van der Waals surface area contributed by atoms with Crippen molar-refractivity contribution in [2.75, 3.05) is 109 Å². The van der Waals surface area contributed by atoms with Crippen LogP contribution in [0.3, 0.4) is 0 Å². The highest BCUT2D eigenvalue weighted by atomic mass is 32.2. The van der Waals surface area contributed by atoms with Crippen molar-refractivity contribution in [3.05, 3.63) is 0 Å². The van der Waals surface area contributed by atoms with Crippen LogP contribution in [-0.2, 0) is 0 Å². The molecule has 0 bridgehead atoms. The average Bonchev–Trinajstić information content (AvgIpc) is 2.77. The van der Waals surface area contributed by atoms with Crippen LogP contribution < -0.4 is 0 Å². The molecule has 0 aliphatic heterocycles. The van der Waals surface area contributed by atoms with Crippen LogP contribution in [0.2, 0.25) is 0 Å². The molecule has 0 aliphatic carbocycles. The van der Waals surface area contributed by atoms with E-state index in [0.29, 0.717) is 0 Å². The first-order chi connectivity index (χ1) is 14.7. The molecule has 0 fully saturated rings. The molecule has 6 nitrogen and oxygen atoms in total. The lowest BCUT2D eigenvalue weighted by Crippen LogP contribution is -1.93. The van der Waals surface area contributed by atoms with Gasteiger partial charge in [-0.05, 0) is 0 Å². The van der Waals surface area contributed by atoms with Gasteiger partial charge in [0.1, 0.15) is 0 Å². The maximum Gasteiger partial charge on any atom is 0.0521 e. The van der Waals surface area contributed by atoms with Gasteiger partial charge in [-0.2, -0.15) is 70.6 Å². The van der Waals surface area contributed by atoms with Gasteiger partial charge in [-0.1, -0.05) is 0 Å². The summed E-state index contributed by atoms with van der Waals surface area (Å²) >= 11 is 10.5. The Balaban J connectivity index is -0.000000364. The second-order valence-corrected chi connectivity index (χ2v) is 12.4. The monoisotopic (exact) mass is 546 g/mol. The molecule has 0 spiro atoms. The Morgan fingerprint density at radius 2 is 0.367 bits per heavy atom. The van der Waals surface area contributed by atoms with Crippen LogP contribution in [0.1, 0.15) is 0 Å². The Hall–Kier alpha value is 1.86. The fourth-order valence-electron chi connectivity index (χ4n) is 1.35. The Morgan fingerprint density at radius 3 is 0.467 bits per heavy atom. The molecule has 0 unspecified atom stereocenters. The minimum atomic E-state index is 0.273. The molecule has 0 heterocycles. The van der Waals surface area contributed by atoms with Crippen LogP contribution >= 0.6 is 70.6 Å². The van der Waals surface area contributed by atoms with E-state index in [-0.39, 0.29) is 39.6 Å². The Morgan fingerprint density at radius 1 is 0.233 bits per heavy atom. The van der Waals surface area contributed by atoms with Crippen LogP contribution in [0.5, 0.6) is 0 Å². The van der Waals surface area contributed by atoms with Gasteiger partial charge in [0.15, 0.2) is 0 Å². The molecule has 30 heavy (non-hydrogen) atoms. The standard InChI is InChI=1S/3C6H14O2S2/c3*7-1-3-9-5-6-10-4-2-8/h3*7-8H,1-6H2. The fourth-order valence-corrected chi connectivity index (χ4v) is 6.18. The van der Waals surface area contributed by atoms with E-state index < -0.39 is 0 Å². The van der Waals surface area contributed by atoms with Gasteiger partial charge in [0, 0.05) is 69.0 Å². The van der Waals surface area contributed by atoms with Crippen LogP contribution in [0.4, 0.5) is 0 Å². The molecule has 0 aromatic heterocycles. The van der Waals surface area contributed by atoms with E-state index in [4.69, 9.17) is 30.6 Å². The van der Waals surface area contributed by atoms with Crippen molar-refractivity contribution in [3.8, 4) is 0 Å². The van der Waals surface area contributed by atoms with Crippen LogP contribution in [0.15, 0.2) is 0 Å². The summed E-state index contributed by atoms with van der Waals surface area (Å²) in [5.41, 5.74) is 0. The molecule has 0 aromatic carbocycles. The van der Waals surface area contributed by atoms with E-state index in [0.717, 1.165) is 69.0 Å². The number of thioether (sulfide) groups is 6. The first-order valence-corrected chi connectivity index (χ1v) is 16.8. The van der Waals surface area contributed by atoms with Gasteiger partial charge >= 0.3 is 0 Å². The zero-order valence-corrected chi connectivity index (χ0v) is 22.8. The summed E-state index contributed by atoms with van der Waals surface area (Å²) in [7, 11) is 0. The second kappa shape index (κ2) is 41.1. The summed E-state index contributed by atoms with van der Waals surface area (Å²) in [6, 6.07) is 0. The van der Waals surface area contributed by atoms with Crippen LogP contribution in [0, 0.1) is 0 Å². The molecular weight excluding hydrogens is 505 g/mol. The number of aliphatic hydroxyl groups excluding tert-OH is 6. The molecule has 6 N–H and O–H groups in total. The highest BCUT2D eigenvalue weighted by Crippen LogP contribution is 2.06. The lowest BCUT2D eigenvalue weighted by Gasteiger charge is -1.97. The van der Waals surface area contributed by atoms with Gasteiger partial charge < -0.3 is 30.6 Å². The predicted molar refractivity (Wildman–Crippen MR) is 146 cm³/mol. The molecular formula is C18H42O6S6. The number of aliphatic hydroxyl groups is 6. The van der Waals surface area contributed by atoms with Crippen molar-refractivity contribution in [3.63, 3.8) is 0 Å². The van der Waals surface area contributed by atoms with Crippen molar-refractivity contribution in [1.29, 1.82) is 0 Å². The Kier molecular flexibility index (Phi) is 50.0. The smallest absolute Gasteiger partial charge is 0.0521 e. The van der Waals surface area contributed by atoms with E-state index in [9.17, 15) is 0 Å². The molecule has 0 radical (unpaired) electrons. The Labute approximate surface area is 208 Å². The third-order valence-corrected chi connectivity index (χ3v) is 9.09. The van der Waals surface area contributed by atoms with Gasteiger partial charge in [-0.3, -0.25) is 0 Å². The molecule has 186 valence electrons. The lowest BCUT2D eigenvalue weighted by molar-refractivity contribution is 0.322. The van der Waals surface area contributed by atoms with E-state index in [1.165, 1.54) is 0 Å². The Bertz CT molecular complexity index is 199. The zero-order chi connectivity index (χ0) is 23.0. The second-order valence-electron chi connectivity index (χ2n) is 5.02. The molecule has 0 saturated heterocycles. The largest absolute Gasteiger partial charge is 0.396 e. The van der Waals surface area contributed by atoms with E-state index in [1.807, 2.05) is 0 Å². The summed E-state index contributed by atoms with van der Waals surface area (Å²) < 4.78 is 0. The number of rotatable bonds is 21. The maximum atomic E-state index is 8.40. The first kappa shape index (κ1) is 36.4. The van der Waals surface area contributed by atoms with Gasteiger partial charge in [-0.15, -0.1) is 0 Å². The summed E-state index contributed by atoms with van der Waals surface area (Å²) in [6.07, 6.45) is 0. The highest BCUT2D eigenvalue weighted by Gasteiger charge is 1.90. The van der Waals surface area contributed by atoms with Crippen molar-refractivity contribution in [1.82, 2.24) is 0 Å². The topological polar surface area (TPSA) is 121 Å². The van der Waals surface area contributed by atoms with Gasteiger partial charge in [-0.25, -0.2) is 0 Å². The molecule has 0 atom stereocenters. The third kappa shape index (κ3) is 47.6. The van der Waals surface area contributed by atoms with E-state index in [1.54, 1.807) is 70.6 Å². The third-order valence-electron chi connectivity index (χ3n) is 2.53. The van der Waals surface area contributed by atoms with Crippen LogP contribution in [0.25, 0.3) is 0 Å². The average molecular weight is 547 g/mol. The molecule has 12 heteroatoms. The van der Waals surface area contributed by atoms with Crippen molar-refractivity contribution in [2.24, 2.45) is 0 Å². The zero-order valence-electron chi connectivity index (χ0n) is 17.9. The van der Waals surface area contributed by atoms with Crippen molar-refractivity contribution < 1.29 is 30.6 Å². The van der Waals surface area contributed by atoms with Crippen molar-refractivity contribution >= 4 is 70.6 Å². The van der Waals surface area contributed by atoms with Gasteiger partial charge in [0.25, 0.3) is 0 Å². The summed E-state index contributed by atoms with van der Waals surface area (Å²) in [6.45, 7) is 1.64. The van der Waals surface area contributed by atoms with Gasteiger partial charge in [0.05, 0.1) is 39.6 Å². The van der Waals surface area contributed by atoms with E-state index in [2.05, 4.69) is 0 Å². The lowest BCUT2D eigenvalue weighted by atomic mass is 10.9. The minimum Gasteiger partial charge on any atom is -0.396 e. The SMILES string of the molecule is OCCSCCSCCO.OCCSCCSCCO.OCCSCCSCCO. The minimum absolute atomic E-state index is 0.273. The maximum absolute atomic E-state index is 8.40.